The molecule has 1 aromatic heterocycles. The molecule has 1 aromatic carbocycles. The second-order valence-corrected chi connectivity index (χ2v) is 4.77. The normalized spacial score (nSPS) is 10.9. The Kier molecular flexibility index (Phi) is 3.31. The molecule has 0 bridgehead atoms. The first-order chi connectivity index (χ1) is 7.69. The predicted molar refractivity (Wildman–Crippen MR) is 69.7 cm³/mol. The molecule has 84 valence electrons. The van der Waals surface area contributed by atoms with Crippen LogP contribution in [-0.4, -0.2) is 22.3 Å². The van der Waals surface area contributed by atoms with Crippen LogP contribution in [0, 0.1) is 6.92 Å². The van der Waals surface area contributed by atoms with Crippen LogP contribution in [0.5, 0.6) is 0 Å². The molecule has 16 heavy (non-hydrogen) atoms. The number of hydrogen-bond acceptors (Lipinski definition) is 3. The number of rotatable bonds is 4. The highest BCUT2D eigenvalue weighted by Crippen LogP contribution is 2.21. The molecule has 0 atom stereocenters. The van der Waals surface area contributed by atoms with Crippen LogP contribution >= 0.6 is 11.8 Å². The number of H-pyrrole nitrogens is 1. The van der Waals surface area contributed by atoms with Gasteiger partial charge in [0, 0.05) is 12.3 Å². The Labute approximate surface area is 99.1 Å². The number of benzene rings is 1. The molecule has 0 aliphatic carbocycles. The van der Waals surface area contributed by atoms with Crippen molar-refractivity contribution in [3.8, 4) is 0 Å². The van der Waals surface area contributed by atoms with Gasteiger partial charge in [0.15, 0.2) is 5.16 Å². The van der Waals surface area contributed by atoms with E-state index in [1.165, 1.54) is 5.56 Å². The standard InChI is InChI=1S/C12H15N3S/c1-8-3-4-10-11(5-8)15-12(14-10)16-7-9(2)6-13/h3-5H,2,6-7,13H2,1H3,(H,14,15). The summed E-state index contributed by atoms with van der Waals surface area (Å²) >= 11 is 1.64. The maximum atomic E-state index is 5.49. The molecule has 2 aromatic rings. The lowest BCUT2D eigenvalue weighted by atomic mass is 10.2. The number of nitrogens with two attached hydrogens (primary N) is 1. The molecule has 0 saturated heterocycles. The Bertz CT molecular complexity index is 516. The Morgan fingerprint density at radius 1 is 1.56 bits per heavy atom. The van der Waals surface area contributed by atoms with E-state index in [4.69, 9.17) is 5.73 Å². The van der Waals surface area contributed by atoms with Gasteiger partial charge in [-0.2, -0.15) is 0 Å². The molecule has 1 heterocycles. The van der Waals surface area contributed by atoms with E-state index >= 15 is 0 Å². The average molecular weight is 233 g/mol. The van der Waals surface area contributed by atoms with Crippen molar-refractivity contribution in [1.29, 1.82) is 0 Å². The maximum absolute atomic E-state index is 5.49. The predicted octanol–water partition coefficient (Wildman–Crippen LogP) is 2.48. The van der Waals surface area contributed by atoms with Gasteiger partial charge in [-0.25, -0.2) is 4.98 Å². The van der Waals surface area contributed by atoms with Gasteiger partial charge in [0.05, 0.1) is 11.0 Å². The number of imidazole rings is 1. The highest BCUT2D eigenvalue weighted by atomic mass is 32.2. The van der Waals surface area contributed by atoms with Crippen molar-refractivity contribution in [3.05, 3.63) is 35.9 Å². The maximum Gasteiger partial charge on any atom is 0.166 e. The minimum Gasteiger partial charge on any atom is -0.333 e. The van der Waals surface area contributed by atoms with E-state index in [1.54, 1.807) is 11.8 Å². The van der Waals surface area contributed by atoms with Crippen LogP contribution in [0.2, 0.25) is 0 Å². The van der Waals surface area contributed by atoms with Gasteiger partial charge in [0.2, 0.25) is 0 Å². The molecule has 3 N–H and O–H groups in total. The van der Waals surface area contributed by atoms with Gasteiger partial charge in [-0.3, -0.25) is 0 Å². The van der Waals surface area contributed by atoms with Crippen molar-refractivity contribution in [3.63, 3.8) is 0 Å². The van der Waals surface area contributed by atoms with E-state index in [9.17, 15) is 0 Å². The van der Waals surface area contributed by atoms with Gasteiger partial charge >= 0.3 is 0 Å². The van der Waals surface area contributed by atoms with Gasteiger partial charge in [0.1, 0.15) is 0 Å². The van der Waals surface area contributed by atoms with Crippen molar-refractivity contribution in [1.82, 2.24) is 9.97 Å². The number of fused-ring (bicyclic) bond motifs is 1. The van der Waals surface area contributed by atoms with Gasteiger partial charge in [-0.1, -0.05) is 30.0 Å². The van der Waals surface area contributed by atoms with Crippen LogP contribution in [0.4, 0.5) is 0 Å². The van der Waals surface area contributed by atoms with E-state index in [1.807, 2.05) is 6.07 Å². The first kappa shape index (κ1) is 11.2. The third-order valence-electron chi connectivity index (χ3n) is 2.32. The lowest BCUT2D eigenvalue weighted by Crippen LogP contribution is -2.03. The van der Waals surface area contributed by atoms with Crippen molar-refractivity contribution < 1.29 is 0 Å². The molecule has 0 amide bonds. The number of aryl methyl sites for hydroxylation is 1. The van der Waals surface area contributed by atoms with Crippen molar-refractivity contribution in [2.24, 2.45) is 5.73 Å². The molecular weight excluding hydrogens is 218 g/mol. The largest absolute Gasteiger partial charge is 0.333 e. The molecule has 0 radical (unpaired) electrons. The summed E-state index contributed by atoms with van der Waals surface area (Å²) in [4.78, 5) is 7.77. The smallest absolute Gasteiger partial charge is 0.166 e. The summed E-state index contributed by atoms with van der Waals surface area (Å²) in [6.45, 7) is 6.48. The van der Waals surface area contributed by atoms with E-state index in [0.29, 0.717) is 6.54 Å². The lowest BCUT2D eigenvalue weighted by Gasteiger charge is -1.98. The third kappa shape index (κ3) is 2.46. The summed E-state index contributed by atoms with van der Waals surface area (Å²) in [6, 6.07) is 6.20. The Morgan fingerprint density at radius 2 is 2.38 bits per heavy atom. The molecule has 0 fully saturated rings. The minimum atomic E-state index is 0.534. The number of nitrogens with one attached hydrogen (secondary N) is 1. The van der Waals surface area contributed by atoms with Crippen LogP contribution in [0.1, 0.15) is 5.56 Å². The van der Waals surface area contributed by atoms with Gasteiger partial charge in [-0.15, -0.1) is 0 Å². The summed E-state index contributed by atoms with van der Waals surface area (Å²) in [5.74, 6) is 0.815. The summed E-state index contributed by atoms with van der Waals surface area (Å²) < 4.78 is 0. The molecule has 2 rings (SSSR count). The number of nitrogens with zero attached hydrogens (tertiary/aromatic N) is 1. The molecule has 0 saturated carbocycles. The quantitative estimate of drug-likeness (QED) is 0.630. The number of aromatic amines is 1. The fourth-order valence-corrected chi connectivity index (χ4v) is 2.20. The second kappa shape index (κ2) is 4.72. The van der Waals surface area contributed by atoms with Crippen LogP contribution in [0.15, 0.2) is 35.5 Å². The third-order valence-corrected chi connectivity index (χ3v) is 3.34. The van der Waals surface area contributed by atoms with Crippen LogP contribution < -0.4 is 5.73 Å². The fraction of sp³-hybridized carbons (Fsp3) is 0.250. The molecule has 0 aliphatic heterocycles. The summed E-state index contributed by atoms with van der Waals surface area (Å²) in [5, 5.41) is 0.926. The van der Waals surface area contributed by atoms with Crippen LogP contribution in [-0.2, 0) is 0 Å². The Balaban J connectivity index is 2.16. The van der Waals surface area contributed by atoms with Crippen LogP contribution in [0.25, 0.3) is 11.0 Å². The minimum absolute atomic E-state index is 0.534. The number of aromatic nitrogens is 2. The fourth-order valence-electron chi connectivity index (χ4n) is 1.40. The molecule has 0 unspecified atom stereocenters. The van der Waals surface area contributed by atoms with Crippen molar-refractivity contribution in [2.75, 3.05) is 12.3 Å². The van der Waals surface area contributed by atoms with Crippen molar-refractivity contribution in [2.45, 2.75) is 12.1 Å². The first-order valence-electron chi connectivity index (χ1n) is 5.15. The van der Waals surface area contributed by atoms with E-state index < -0.39 is 0 Å². The summed E-state index contributed by atoms with van der Waals surface area (Å²) in [6.07, 6.45) is 0. The second-order valence-electron chi connectivity index (χ2n) is 3.81. The number of thioether (sulfide) groups is 1. The van der Waals surface area contributed by atoms with Crippen LogP contribution in [0.3, 0.4) is 0 Å². The van der Waals surface area contributed by atoms with E-state index in [2.05, 4.69) is 35.6 Å². The monoisotopic (exact) mass is 233 g/mol. The topological polar surface area (TPSA) is 54.7 Å². The number of hydrogen-bond donors (Lipinski definition) is 2. The highest BCUT2D eigenvalue weighted by Gasteiger charge is 2.03. The van der Waals surface area contributed by atoms with Gasteiger partial charge in [-0.05, 0) is 24.6 Å². The zero-order chi connectivity index (χ0) is 11.5. The van der Waals surface area contributed by atoms with Crippen molar-refractivity contribution >= 4 is 22.8 Å². The van der Waals surface area contributed by atoms with Gasteiger partial charge < -0.3 is 10.7 Å². The zero-order valence-corrected chi connectivity index (χ0v) is 10.1. The van der Waals surface area contributed by atoms with E-state index in [0.717, 1.165) is 27.5 Å². The summed E-state index contributed by atoms with van der Waals surface area (Å²) in [5.41, 5.74) is 9.84. The Morgan fingerprint density at radius 3 is 3.12 bits per heavy atom. The lowest BCUT2D eigenvalue weighted by molar-refractivity contribution is 1.08. The average Bonchev–Trinajstić information content (AvgIpc) is 2.67. The molecule has 3 nitrogen and oxygen atoms in total. The summed E-state index contributed by atoms with van der Waals surface area (Å²) in [7, 11) is 0. The molecule has 4 heteroatoms. The molecule has 0 spiro atoms. The zero-order valence-electron chi connectivity index (χ0n) is 9.29. The SMILES string of the molecule is C=C(CN)CSc1nc2ccc(C)cc2[nH]1. The van der Waals surface area contributed by atoms with Gasteiger partial charge in [0.25, 0.3) is 0 Å². The Hall–Kier alpha value is -1.26. The highest BCUT2D eigenvalue weighted by molar-refractivity contribution is 7.99. The molecule has 0 aliphatic rings. The molecular formula is C12H15N3S. The first-order valence-corrected chi connectivity index (χ1v) is 6.13. The van der Waals surface area contributed by atoms with E-state index in [-0.39, 0.29) is 0 Å².